The predicted molar refractivity (Wildman–Crippen MR) is 54.6 cm³/mol. The van der Waals surface area contributed by atoms with Crippen LogP contribution in [0.4, 0.5) is 4.39 Å². The normalized spacial score (nSPS) is 11.8. The molecule has 0 atom stereocenters. The maximum atomic E-state index is 13.5. The number of nitrogens with two attached hydrogens (primary N) is 1. The summed E-state index contributed by atoms with van der Waals surface area (Å²) >= 11 is 3.08. The van der Waals surface area contributed by atoms with Crippen LogP contribution in [0.15, 0.2) is 10.5 Å². The van der Waals surface area contributed by atoms with E-state index >= 15 is 0 Å². The van der Waals surface area contributed by atoms with Crippen molar-refractivity contribution in [3.8, 4) is 11.5 Å². The molecular weight excluding hydrogens is 253 g/mol. The van der Waals surface area contributed by atoms with Gasteiger partial charge in [0.1, 0.15) is 0 Å². The fourth-order valence-corrected chi connectivity index (χ4v) is 2.09. The van der Waals surface area contributed by atoms with Crippen LogP contribution < -0.4 is 5.73 Å². The molecule has 0 amide bonds. The van der Waals surface area contributed by atoms with Crippen molar-refractivity contribution in [2.45, 2.75) is 19.4 Å². The molecule has 1 aromatic rings. The molecule has 0 fully saturated rings. The summed E-state index contributed by atoms with van der Waals surface area (Å²) in [7, 11) is 0. The van der Waals surface area contributed by atoms with Gasteiger partial charge < -0.3 is 15.9 Å². The maximum Gasteiger partial charge on any atom is 0.194 e. The maximum absolute atomic E-state index is 13.5. The Balaban J connectivity index is 3.53. The highest BCUT2D eigenvalue weighted by molar-refractivity contribution is 9.10. The third-order valence-corrected chi connectivity index (χ3v) is 2.44. The third kappa shape index (κ3) is 1.83. The van der Waals surface area contributed by atoms with E-state index in [0.29, 0.717) is 4.47 Å². The standard InChI is InChI=1S/C9H11BrFNO2/c1-9(2,12)6-4(10)3-5(13)8(14)7(6)11/h3,13-14H,12H2,1-2H3. The van der Waals surface area contributed by atoms with E-state index in [1.807, 2.05) is 0 Å². The molecule has 0 aliphatic heterocycles. The predicted octanol–water partition coefficient (Wildman–Crippen LogP) is 2.19. The zero-order valence-corrected chi connectivity index (χ0v) is 9.39. The second kappa shape index (κ2) is 3.40. The highest BCUT2D eigenvalue weighted by atomic mass is 79.9. The summed E-state index contributed by atoms with van der Waals surface area (Å²) in [6.45, 7) is 3.21. The number of phenolic OH excluding ortho intramolecular Hbond substituents is 2. The van der Waals surface area contributed by atoms with E-state index in [1.54, 1.807) is 13.8 Å². The zero-order valence-electron chi connectivity index (χ0n) is 7.81. The molecule has 0 aromatic heterocycles. The monoisotopic (exact) mass is 263 g/mol. The SMILES string of the molecule is CC(C)(N)c1c(Br)cc(O)c(O)c1F. The van der Waals surface area contributed by atoms with Crippen LogP contribution in [0.3, 0.4) is 0 Å². The summed E-state index contributed by atoms with van der Waals surface area (Å²) in [4.78, 5) is 0. The molecule has 4 N–H and O–H groups in total. The summed E-state index contributed by atoms with van der Waals surface area (Å²) in [5.74, 6) is -2.19. The van der Waals surface area contributed by atoms with Crippen LogP contribution in [0.25, 0.3) is 0 Å². The molecule has 0 bridgehead atoms. The first kappa shape index (κ1) is 11.3. The van der Waals surface area contributed by atoms with Crippen molar-refractivity contribution in [2.75, 3.05) is 0 Å². The molecule has 1 rings (SSSR count). The number of aromatic hydroxyl groups is 2. The molecule has 0 radical (unpaired) electrons. The van der Waals surface area contributed by atoms with Crippen molar-refractivity contribution in [2.24, 2.45) is 5.73 Å². The topological polar surface area (TPSA) is 66.5 Å². The van der Waals surface area contributed by atoms with E-state index in [9.17, 15) is 9.50 Å². The summed E-state index contributed by atoms with van der Waals surface area (Å²) < 4.78 is 13.8. The Labute approximate surface area is 89.5 Å². The van der Waals surface area contributed by atoms with Gasteiger partial charge in [0.25, 0.3) is 0 Å². The lowest BCUT2D eigenvalue weighted by Crippen LogP contribution is -2.30. The van der Waals surface area contributed by atoms with Crippen LogP contribution in [-0.4, -0.2) is 10.2 Å². The van der Waals surface area contributed by atoms with Crippen LogP contribution in [0, 0.1) is 5.82 Å². The Morgan fingerprint density at radius 2 is 1.93 bits per heavy atom. The largest absolute Gasteiger partial charge is 0.504 e. The Morgan fingerprint density at radius 3 is 2.36 bits per heavy atom. The van der Waals surface area contributed by atoms with Gasteiger partial charge in [-0.15, -0.1) is 0 Å². The molecule has 0 heterocycles. The van der Waals surface area contributed by atoms with Crippen LogP contribution in [0.5, 0.6) is 11.5 Å². The molecule has 78 valence electrons. The molecular formula is C9H11BrFNO2. The number of hydrogen-bond donors (Lipinski definition) is 3. The Kier molecular flexibility index (Phi) is 2.74. The van der Waals surface area contributed by atoms with Gasteiger partial charge in [-0.3, -0.25) is 0 Å². The minimum Gasteiger partial charge on any atom is -0.504 e. The van der Waals surface area contributed by atoms with Crippen LogP contribution in [-0.2, 0) is 5.54 Å². The highest BCUT2D eigenvalue weighted by Gasteiger charge is 2.26. The number of hydrogen-bond acceptors (Lipinski definition) is 3. The van der Waals surface area contributed by atoms with Gasteiger partial charge in [0.05, 0.1) is 0 Å². The van der Waals surface area contributed by atoms with Gasteiger partial charge in [-0.05, 0) is 19.9 Å². The van der Waals surface area contributed by atoms with Gasteiger partial charge >= 0.3 is 0 Å². The Hall–Kier alpha value is -0.810. The summed E-state index contributed by atoms with van der Waals surface area (Å²) in [6.07, 6.45) is 0. The minimum absolute atomic E-state index is 0.132. The van der Waals surface area contributed by atoms with Gasteiger partial charge in [-0.1, -0.05) is 15.9 Å². The molecule has 0 saturated carbocycles. The average molecular weight is 264 g/mol. The first-order chi connectivity index (χ1) is 6.25. The van der Waals surface area contributed by atoms with E-state index in [-0.39, 0.29) is 5.56 Å². The summed E-state index contributed by atoms with van der Waals surface area (Å²) in [5.41, 5.74) is 4.91. The lowest BCUT2D eigenvalue weighted by atomic mass is 9.94. The molecule has 0 unspecified atom stereocenters. The number of halogens is 2. The second-order valence-corrected chi connectivity index (χ2v) is 4.49. The zero-order chi connectivity index (χ0) is 11.1. The molecule has 0 aliphatic rings. The van der Waals surface area contributed by atoms with Gasteiger partial charge in [0.15, 0.2) is 17.3 Å². The molecule has 1 aromatic carbocycles. The lowest BCUT2D eigenvalue weighted by molar-refractivity contribution is 0.368. The van der Waals surface area contributed by atoms with E-state index < -0.39 is 22.9 Å². The fraction of sp³-hybridized carbons (Fsp3) is 0.333. The van der Waals surface area contributed by atoms with Gasteiger partial charge in [0, 0.05) is 15.6 Å². The van der Waals surface area contributed by atoms with Crippen molar-refractivity contribution in [1.82, 2.24) is 0 Å². The van der Waals surface area contributed by atoms with Crippen molar-refractivity contribution in [3.63, 3.8) is 0 Å². The second-order valence-electron chi connectivity index (χ2n) is 3.64. The molecule has 0 spiro atoms. The first-order valence-electron chi connectivity index (χ1n) is 3.94. The van der Waals surface area contributed by atoms with E-state index in [2.05, 4.69) is 15.9 Å². The third-order valence-electron chi connectivity index (χ3n) is 1.82. The highest BCUT2D eigenvalue weighted by Crippen LogP contribution is 2.39. The minimum atomic E-state index is -0.936. The van der Waals surface area contributed by atoms with Crippen LogP contribution in [0.2, 0.25) is 0 Å². The van der Waals surface area contributed by atoms with Crippen molar-refractivity contribution >= 4 is 15.9 Å². The van der Waals surface area contributed by atoms with Gasteiger partial charge in [-0.25, -0.2) is 4.39 Å². The number of rotatable bonds is 1. The van der Waals surface area contributed by atoms with Crippen LogP contribution in [0.1, 0.15) is 19.4 Å². The van der Waals surface area contributed by atoms with Crippen molar-refractivity contribution in [1.29, 1.82) is 0 Å². The molecule has 0 saturated heterocycles. The fourth-order valence-electron chi connectivity index (χ4n) is 1.19. The average Bonchev–Trinajstić information content (AvgIpc) is 1.97. The quantitative estimate of drug-likeness (QED) is 0.681. The molecule has 14 heavy (non-hydrogen) atoms. The van der Waals surface area contributed by atoms with E-state index in [0.717, 1.165) is 0 Å². The molecule has 0 aliphatic carbocycles. The van der Waals surface area contributed by atoms with E-state index in [1.165, 1.54) is 6.07 Å². The van der Waals surface area contributed by atoms with Crippen molar-refractivity contribution in [3.05, 3.63) is 21.9 Å². The first-order valence-corrected chi connectivity index (χ1v) is 4.73. The Bertz CT molecular complexity index is 374. The van der Waals surface area contributed by atoms with Crippen LogP contribution >= 0.6 is 15.9 Å². The van der Waals surface area contributed by atoms with Gasteiger partial charge in [-0.2, -0.15) is 0 Å². The smallest absolute Gasteiger partial charge is 0.194 e. The van der Waals surface area contributed by atoms with Gasteiger partial charge in [0.2, 0.25) is 0 Å². The number of phenols is 2. The summed E-state index contributed by atoms with van der Waals surface area (Å²) in [6, 6.07) is 1.21. The Morgan fingerprint density at radius 1 is 1.43 bits per heavy atom. The lowest BCUT2D eigenvalue weighted by Gasteiger charge is -2.22. The molecule has 3 nitrogen and oxygen atoms in total. The molecule has 5 heteroatoms. The van der Waals surface area contributed by atoms with E-state index in [4.69, 9.17) is 10.8 Å². The van der Waals surface area contributed by atoms with Crippen molar-refractivity contribution < 1.29 is 14.6 Å². The number of benzene rings is 1. The summed E-state index contributed by atoms with van der Waals surface area (Å²) in [5, 5.41) is 18.3.